The van der Waals surface area contributed by atoms with E-state index < -0.39 is 0 Å². The predicted molar refractivity (Wildman–Crippen MR) is 61.5 cm³/mol. The van der Waals surface area contributed by atoms with Gasteiger partial charge < -0.3 is 15.7 Å². The van der Waals surface area contributed by atoms with Crippen LogP contribution in [0.5, 0.6) is 0 Å². The van der Waals surface area contributed by atoms with Gasteiger partial charge in [-0.1, -0.05) is 18.0 Å². The number of amidine groups is 1. The van der Waals surface area contributed by atoms with Crippen LogP contribution in [0.25, 0.3) is 0 Å². The molecular formula is C11H21N3O2. The van der Waals surface area contributed by atoms with Crippen molar-refractivity contribution >= 4 is 5.84 Å². The molecule has 0 aromatic rings. The Kier molecular flexibility index (Phi) is 4.01. The lowest BCUT2D eigenvalue weighted by Gasteiger charge is -2.33. The molecule has 5 nitrogen and oxygen atoms in total. The summed E-state index contributed by atoms with van der Waals surface area (Å²) in [7, 11) is 0. The summed E-state index contributed by atoms with van der Waals surface area (Å²) in [6, 6.07) is 0. The molecule has 1 aliphatic carbocycles. The first-order valence-electron chi connectivity index (χ1n) is 6.11. The normalized spacial score (nSPS) is 29.8. The third-order valence-corrected chi connectivity index (χ3v) is 3.59. The minimum absolute atomic E-state index is 0.191. The summed E-state index contributed by atoms with van der Waals surface area (Å²) in [5.41, 5.74) is 5.57. The first kappa shape index (κ1) is 11.7. The van der Waals surface area contributed by atoms with Crippen molar-refractivity contribution in [2.45, 2.75) is 31.8 Å². The molecule has 0 spiro atoms. The SMILES string of the molecule is NC(=NO)C1CN(CC2CCCC2)CCO1. The second kappa shape index (κ2) is 5.50. The first-order valence-corrected chi connectivity index (χ1v) is 6.11. The number of oxime groups is 1. The minimum atomic E-state index is -0.236. The Balaban J connectivity index is 1.81. The molecule has 1 heterocycles. The summed E-state index contributed by atoms with van der Waals surface area (Å²) in [4.78, 5) is 2.38. The van der Waals surface area contributed by atoms with E-state index in [1.807, 2.05) is 0 Å². The van der Waals surface area contributed by atoms with Crippen LogP contribution in [0, 0.1) is 5.92 Å². The summed E-state index contributed by atoms with van der Waals surface area (Å²) in [5, 5.41) is 11.6. The van der Waals surface area contributed by atoms with Gasteiger partial charge in [0.1, 0.15) is 6.10 Å². The molecule has 1 aliphatic heterocycles. The van der Waals surface area contributed by atoms with Crippen LogP contribution in [0.3, 0.4) is 0 Å². The van der Waals surface area contributed by atoms with Gasteiger partial charge in [-0.3, -0.25) is 4.90 Å². The summed E-state index contributed by atoms with van der Waals surface area (Å²) in [6.07, 6.45) is 5.22. The van der Waals surface area contributed by atoms with E-state index in [9.17, 15) is 0 Å². The highest BCUT2D eigenvalue weighted by molar-refractivity contribution is 5.84. The second-order valence-electron chi connectivity index (χ2n) is 4.79. The highest BCUT2D eigenvalue weighted by Gasteiger charge is 2.26. The van der Waals surface area contributed by atoms with Crippen LogP contribution in [0.2, 0.25) is 0 Å². The van der Waals surface area contributed by atoms with Crippen molar-refractivity contribution in [1.82, 2.24) is 4.90 Å². The van der Waals surface area contributed by atoms with E-state index in [-0.39, 0.29) is 11.9 Å². The summed E-state index contributed by atoms with van der Waals surface area (Å²) >= 11 is 0. The van der Waals surface area contributed by atoms with E-state index in [0.29, 0.717) is 6.61 Å². The number of ether oxygens (including phenoxy) is 1. The zero-order valence-electron chi connectivity index (χ0n) is 9.64. The van der Waals surface area contributed by atoms with Crippen LogP contribution in [0.15, 0.2) is 5.16 Å². The Morgan fingerprint density at radius 1 is 1.44 bits per heavy atom. The molecular weight excluding hydrogens is 206 g/mol. The third kappa shape index (κ3) is 2.86. The van der Waals surface area contributed by atoms with E-state index in [0.717, 1.165) is 25.6 Å². The molecule has 1 atom stereocenters. The van der Waals surface area contributed by atoms with E-state index in [2.05, 4.69) is 10.1 Å². The van der Waals surface area contributed by atoms with E-state index >= 15 is 0 Å². The molecule has 0 amide bonds. The Hall–Kier alpha value is -0.810. The van der Waals surface area contributed by atoms with Gasteiger partial charge in [0.15, 0.2) is 5.84 Å². The lowest BCUT2D eigenvalue weighted by Crippen LogP contribution is -2.49. The first-order chi connectivity index (χ1) is 7.79. The average Bonchev–Trinajstić information content (AvgIpc) is 2.81. The molecule has 0 aromatic heterocycles. The summed E-state index contributed by atoms with van der Waals surface area (Å²) in [5.74, 6) is 1.03. The van der Waals surface area contributed by atoms with Crippen molar-refractivity contribution < 1.29 is 9.94 Å². The molecule has 92 valence electrons. The topological polar surface area (TPSA) is 71.1 Å². The van der Waals surface area contributed by atoms with Gasteiger partial charge in [-0.25, -0.2) is 0 Å². The van der Waals surface area contributed by atoms with Crippen LogP contribution in [0.4, 0.5) is 0 Å². The van der Waals surface area contributed by atoms with Gasteiger partial charge >= 0.3 is 0 Å². The van der Waals surface area contributed by atoms with Crippen molar-refractivity contribution in [2.24, 2.45) is 16.8 Å². The Morgan fingerprint density at radius 2 is 2.19 bits per heavy atom. The smallest absolute Gasteiger partial charge is 0.169 e. The van der Waals surface area contributed by atoms with Crippen LogP contribution >= 0.6 is 0 Å². The molecule has 2 rings (SSSR count). The molecule has 0 aromatic carbocycles. The maximum Gasteiger partial charge on any atom is 0.169 e. The average molecular weight is 227 g/mol. The van der Waals surface area contributed by atoms with E-state index in [1.165, 1.54) is 25.7 Å². The molecule has 0 radical (unpaired) electrons. The largest absolute Gasteiger partial charge is 0.409 e. The maximum atomic E-state index is 8.62. The number of hydrogen-bond donors (Lipinski definition) is 2. The monoisotopic (exact) mass is 227 g/mol. The van der Waals surface area contributed by atoms with Gasteiger partial charge in [0.2, 0.25) is 0 Å². The van der Waals surface area contributed by atoms with Gasteiger partial charge in [0.05, 0.1) is 6.61 Å². The number of hydrogen-bond acceptors (Lipinski definition) is 4. The Bertz CT molecular complexity index is 252. The van der Waals surface area contributed by atoms with Crippen LogP contribution in [0.1, 0.15) is 25.7 Å². The number of nitrogens with two attached hydrogens (primary N) is 1. The van der Waals surface area contributed by atoms with Crippen LogP contribution < -0.4 is 5.73 Å². The van der Waals surface area contributed by atoms with Crippen molar-refractivity contribution in [3.05, 3.63) is 0 Å². The summed E-state index contributed by atoms with van der Waals surface area (Å²) < 4.78 is 5.47. The molecule has 16 heavy (non-hydrogen) atoms. The molecule has 3 N–H and O–H groups in total. The lowest BCUT2D eigenvalue weighted by atomic mass is 10.1. The van der Waals surface area contributed by atoms with Gasteiger partial charge in [-0.2, -0.15) is 0 Å². The Labute approximate surface area is 96.2 Å². The van der Waals surface area contributed by atoms with Gasteiger partial charge in [-0.15, -0.1) is 0 Å². The highest BCUT2D eigenvalue weighted by atomic mass is 16.5. The number of nitrogens with zero attached hydrogens (tertiary/aromatic N) is 2. The van der Waals surface area contributed by atoms with Crippen LogP contribution in [-0.4, -0.2) is 48.3 Å². The molecule has 1 saturated carbocycles. The molecule has 1 saturated heterocycles. The fraction of sp³-hybridized carbons (Fsp3) is 0.909. The second-order valence-corrected chi connectivity index (χ2v) is 4.79. The van der Waals surface area contributed by atoms with Crippen molar-refractivity contribution in [1.29, 1.82) is 0 Å². The minimum Gasteiger partial charge on any atom is -0.409 e. The zero-order chi connectivity index (χ0) is 11.4. The molecule has 1 unspecified atom stereocenters. The maximum absolute atomic E-state index is 8.62. The number of rotatable bonds is 3. The number of morpholine rings is 1. The van der Waals surface area contributed by atoms with E-state index in [4.69, 9.17) is 15.7 Å². The quantitative estimate of drug-likeness (QED) is 0.321. The van der Waals surface area contributed by atoms with Gasteiger partial charge in [0, 0.05) is 19.6 Å². The molecule has 2 aliphatic rings. The summed E-state index contributed by atoms with van der Waals surface area (Å²) in [6.45, 7) is 3.53. The fourth-order valence-electron chi connectivity index (χ4n) is 2.67. The predicted octanol–water partition coefficient (Wildman–Crippen LogP) is 0.624. The Morgan fingerprint density at radius 3 is 2.88 bits per heavy atom. The van der Waals surface area contributed by atoms with Gasteiger partial charge in [-0.05, 0) is 18.8 Å². The molecule has 2 fully saturated rings. The fourth-order valence-corrected chi connectivity index (χ4v) is 2.67. The zero-order valence-corrected chi connectivity index (χ0v) is 9.64. The van der Waals surface area contributed by atoms with Crippen molar-refractivity contribution in [3.63, 3.8) is 0 Å². The van der Waals surface area contributed by atoms with Crippen LogP contribution in [-0.2, 0) is 4.74 Å². The van der Waals surface area contributed by atoms with E-state index in [1.54, 1.807) is 0 Å². The third-order valence-electron chi connectivity index (χ3n) is 3.59. The van der Waals surface area contributed by atoms with Gasteiger partial charge in [0.25, 0.3) is 0 Å². The lowest BCUT2D eigenvalue weighted by molar-refractivity contribution is -0.000684. The van der Waals surface area contributed by atoms with Crippen molar-refractivity contribution in [2.75, 3.05) is 26.2 Å². The highest BCUT2D eigenvalue weighted by Crippen LogP contribution is 2.26. The van der Waals surface area contributed by atoms with Crippen molar-refractivity contribution in [3.8, 4) is 0 Å². The standard InChI is InChI=1S/C11H21N3O2/c12-11(13-15)10-8-14(5-6-16-10)7-9-3-1-2-4-9/h9-10,15H,1-8H2,(H2,12,13). The molecule has 5 heteroatoms. The molecule has 0 bridgehead atoms.